The van der Waals surface area contributed by atoms with Crippen molar-refractivity contribution in [1.29, 1.82) is 0 Å². The van der Waals surface area contributed by atoms with Crippen molar-refractivity contribution in [1.82, 2.24) is 35.2 Å². The minimum atomic E-state index is 0.591. The van der Waals surface area contributed by atoms with Crippen molar-refractivity contribution in [2.24, 2.45) is 0 Å². The summed E-state index contributed by atoms with van der Waals surface area (Å²) >= 11 is 0. The van der Waals surface area contributed by atoms with Gasteiger partial charge in [0.15, 0.2) is 5.65 Å². The number of rotatable bonds is 7. The summed E-state index contributed by atoms with van der Waals surface area (Å²) in [5, 5.41) is 21.9. The molecule has 0 saturated heterocycles. The molecule has 0 unspecified atom stereocenters. The van der Waals surface area contributed by atoms with Crippen molar-refractivity contribution in [3.63, 3.8) is 0 Å². The summed E-state index contributed by atoms with van der Waals surface area (Å²) in [7, 11) is 0. The number of nitrogens with one attached hydrogen (secondary N) is 3. The Morgan fingerprint density at radius 3 is 3.05 bits per heavy atom. The first-order chi connectivity index (χ1) is 10.4. The number of anilines is 2. The Kier molecular flexibility index (Phi) is 3.90. The molecule has 0 aliphatic heterocycles. The Balaban J connectivity index is 1.66. The van der Waals surface area contributed by atoms with E-state index in [4.69, 9.17) is 0 Å². The lowest BCUT2D eigenvalue weighted by atomic mass is 10.3. The first-order valence-corrected chi connectivity index (χ1v) is 6.90. The Hall–Kier alpha value is -2.71. The fourth-order valence-corrected chi connectivity index (χ4v) is 2.01. The third kappa shape index (κ3) is 3.07. The molecule has 0 saturated carbocycles. The zero-order valence-electron chi connectivity index (χ0n) is 11.7. The lowest BCUT2D eigenvalue weighted by Gasteiger charge is -2.08. The lowest BCUT2D eigenvalue weighted by Crippen LogP contribution is -2.10. The van der Waals surface area contributed by atoms with Gasteiger partial charge in [-0.15, -0.1) is 5.10 Å². The van der Waals surface area contributed by atoms with Crippen LogP contribution in [0.1, 0.15) is 13.3 Å². The van der Waals surface area contributed by atoms with E-state index in [1.807, 2.05) is 13.1 Å². The van der Waals surface area contributed by atoms with Crippen molar-refractivity contribution >= 4 is 22.8 Å². The quantitative estimate of drug-likeness (QED) is 0.553. The molecular formula is C12H17N9. The van der Waals surface area contributed by atoms with Crippen LogP contribution in [0.25, 0.3) is 11.0 Å². The molecule has 9 heteroatoms. The van der Waals surface area contributed by atoms with Gasteiger partial charge in [-0.1, -0.05) is 5.21 Å². The van der Waals surface area contributed by atoms with Gasteiger partial charge in [0.1, 0.15) is 5.82 Å². The predicted octanol–water partition coefficient (Wildman–Crippen LogP) is 0.878. The van der Waals surface area contributed by atoms with Gasteiger partial charge in [-0.2, -0.15) is 15.1 Å². The van der Waals surface area contributed by atoms with Crippen molar-refractivity contribution in [3.05, 3.63) is 18.6 Å². The van der Waals surface area contributed by atoms with E-state index >= 15 is 0 Å². The SMILES string of the molecule is CCNc1nc(NCCCn2ccnn2)c2cn[nH]c2n1. The highest BCUT2D eigenvalue weighted by atomic mass is 15.4. The summed E-state index contributed by atoms with van der Waals surface area (Å²) < 4.78 is 1.80. The maximum atomic E-state index is 4.47. The second-order valence-electron chi connectivity index (χ2n) is 4.50. The van der Waals surface area contributed by atoms with Gasteiger partial charge < -0.3 is 10.6 Å². The molecule has 3 heterocycles. The van der Waals surface area contributed by atoms with Gasteiger partial charge in [-0.3, -0.25) is 9.78 Å². The van der Waals surface area contributed by atoms with Crippen molar-refractivity contribution in [3.8, 4) is 0 Å². The molecule has 3 N–H and O–H groups in total. The first-order valence-electron chi connectivity index (χ1n) is 6.90. The molecule has 110 valence electrons. The van der Waals surface area contributed by atoms with Crippen LogP contribution in [0, 0.1) is 0 Å². The predicted molar refractivity (Wildman–Crippen MR) is 79.0 cm³/mol. The fourth-order valence-electron chi connectivity index (χ4n) is 2.01. The van der Waals surface area contributed by atoms with Gasteiger partial charge in [-0.05, 0) is 13.3 Å². The topological polar surface area (TPSA) is 109 Å². The van der Waals surface area contributed by atoms with Crippen molar-refractivity contribution < 1.29 is 0 Å². The van der Waals surface area contributed by atoms with Crippen LogP contribution in [-0.4, -0.2) is 48.2 Å². The van der Waals surface area contributed by atoms with E-state index in [0.29, 0.717) is 5.95 Å². The van der Waals surface area contributed by atoms with E-state index in [2.05, 4.69) is 41.1 Å². The lowest BCUT2D eigenvalue weighted by molar-refractivity contribution is 0.569. The van der Waals surface area contributed by atoms with E-state index in [-0.39, 0.29) is 0 Å². The normalized spacial score (nSPS) is 10.9. The largest absolute Gasteiger partial charge is 0.369 e. The number of aryl methyl sites for hydroxylation is 1. The monoisotopic (exact) mass is 287 g/mol. The van der Waals surface area contributed by atoms with Crippen LogP contribution in [0.4, 0.5) is 11.8 Å². The minimum absolute atomic E-state index is 0.591. The smallest absolute Gasteiger partial charge is 0.226 e. The van der Waals surface area contributed by atoms with E-state index in [1.54, 1.807) is 17.1 Å². The molecular weight excluding hydrogens is 270 g/mol. The van der Waals surface area contributed by atoms with E-state index < -0.39 is 0 Å². The van der Waals surface area contributed by atoms with Gasteiger partial charge >= 0.3 is 0 Å². The van der Waals surface area contributed by atoms with Gasteiger partial charge in [0, 0.05) is 25.8 Å². The number of aromatic amines is 1. The maximum absolute atomic E-state index is 4.47. The average molecular weight is 287 g/mol. The second-order valence-corrected chi connectivity index (χ2v) is 4.50. The standard InChI is InChI=1S/C12H17N9/c1-2-13-12-17-10(9-8-16-19-11(9)18-12)14-4-3-6-21-7-5-15-20-21/h5,7-8H,2-4,6H2,1H3,(H3,13,14,16,17,18,19). The first kappa shape index (κ1) is 13.3. The van der Waals surface area contributed by atoms with Crippen molar-refractivity contribution in [2.75, 3.05) is 23.7 Å². The molecule has 0 spiro atoms. The van der Waals surface area contributed by atoms with Gasteiger partial charge in [0.25, 0.3) is 0 Å². The Morgan fingerprint density at radius 1 is 1.29 bits per heavy atom. The molecule has 21 heavy (non-hydrogen) atoms. The van der Waals surface area contributed by atoms with E-state index in [1.165, 1.54) is 0 Å². The highest BCUT2D eigenvalue weighted by Crippen LogP contribution is 2.19. The molecule has 0 aliphatic carbocycles. The van der Waals surface area contributed by atoms with Crippen LogP contribution < -0.4 is 10.6 Å². The molecule has 0 aliphatic rings. The van der Waals surface area contributed by atoms with Gasteiger partial charge in [0.2, 0.25) is 5.95 Å². The Labute approximate surface area is 121 Å². The van der Waals surface area contributed by atoms with Crippen LogP contribution in [0.15, 0.2) is 18.6 Å². The molecule has 3 aromatic heterocycles. The molecule has 0 fully saturated rings. The number of fused-ring (bicyclic) bond motifs is 1. The zero-order valence-corrected chi connectivity index (χ0v) is 11.7. The second kappa shape index (κ2) is 6.16. The summed E-state index contributed by atoms with van der Waals surface area (Å²) in [6, 6.07) is 0. The fraction of sp³-hybridized carbons (Fsp3) is 0.417. The Bertz CT molecular complexity index is 688. The molecule has 0 amide bonds. The van der Waals surface area contributed by atoms with Gasteiger partial charge in [0.05, 0.1) is 17.8 Å². The number of nitrogens with zero attached hydrogens (tertiary/aromatic N) is 6. The third-order valence-electron chi connectivity index (χ3n) is 2.97. The molecule has 3 rings (SSSR count). The highest BCUT2D eigenvalue weighted by molar-refractivity contribution is 5.86. The van der Waals surface area contributed by atoms with Crippen molar-refractivity contribution in [2.45, 2.75) is 19.9 Å². The van der Waals surface area contributed by atoms with E-state index in [9.17, 15) is 0 Å². The number of H-pyrrole nitrogens is 1. The summed E-state index contributed by atoms with van der Waals surface area (Å²) in [5.74, 6) is 1.37. The minimum Gasteiger partial charge on any atom is -0.369 e. The summed E-state index contributed by atoms with van der Waals surface area (Å²) in [6.07, 6.45) is 6.17. The maximum Gasteiger partial charge on any atom is 0.226 e. The summed E-state index contributed by atoms with van der Waals surface area (Å²) in [6.45, 7) is 4.37. The number of hydrogen-bond donors (Lipinski definition) is 3. The average Bonchev–Trinajstić information content (AvgIpc) is 3.14. The van der Waals surface area contributed by atoms with Crippen LogP contribution in [0.3, 0.4) is 0 Å². The van der Waals surface area contributed by atoms with Crippen LogP contribution >= 0.6 is 0 Å². The van der Waals surface area contributed by atoms with Crippen LogP contribution in [-0.2, 0) is 6.54 Å². The molecule has 0 bridgehead atoms. The highest BCUT2D eigenvalue weighted by Gasteiger charge is 2.08. The summed E-state index contributed by atoms with van der Waals surface area (Å²) in [4.78, 5) is 8.82. The van der Waals surface area contributed by atoms with Gasteiger partial charge in [-0.25, -0.2) is 0 Å². The molecule has 0 radical (unpaired) electrons. The summed E-state index contributed by atoms with van der Waals surface area (Å²) in [5.41, 5.74) is 0.722. The Morgan fingerprint density at radius 2 is 2.24 bits per heavy atom. The molecule has 0 atom stereocenters. The number of hydrogen-bond acceptors (Lipinski definition) is 7. The van der Waals surface area contributed by atoms with Crippen LogP contribution in [0.5, 0.6) is 0 Å². The molecule has 9 nitrogen and oxygen atoms in total. The number of aromatic nitrogens is 7. The molecule has 0 aromatic carbocycles. The zero-order chi connectivity index (χ0) is 14.5. The third-order valence-corrected chi connectivity index (χ3v) is 2.97. The van der Waals surface area contributed by atoms with E-state index in [0.717, 1.165) is 42.9 Å². The molecule has 3 aromatic rings. The van der Waals surface area contributed by atoms with Crippen LogP contribution in [0.2, 0.25) is 0 Å².